The predicted octanol–water partition coefficient (Wildman–Crippen LogP) is 6.82. The number of halogens is 1. The summed E-state index contributed by atoms with van der Waals surface area (Å²) in [7, 11) is 0. The van der Waals surface area contributed by atoms with Crippen LogP contribution in [-0.4, -0.2) is 15.7 Å². The summed E-state index contributed by atoms with van der Waals surface area (Å²) in [6.45, 7) is 5.81. The topological polar surface area (TPSA) is 66.9 Å². The van der Waals surface area contributed by atoms with Crippen LogP contribution in [0.1, 0.15) is 27.0 Å². The Labute approximate surface area is 214 Å². The van der Waals surface area contributed by atoms with Crippen molar-refractivity contribution in [3.8, 4) is 28.1 Å². The second kappa shape index (κ2) is 9.74. The Morgan fingerprint density at radius 3 is 2.24 bits per heavy atom. The second-order valence-electron chi connectivity index (χ2n) is 9.12. The molecule has 0 saturated heterocycles. The number of anilines is 1. The summed E-state index contributed by atoms with van der Waals surface area (Å²) >= 11 is 0. The van der Waals surface area contributed by atoms with Gasteiger partial charge in [0.05, 0.1) is 16.9 Å². The van der Waals surface area contributed by atoms with Gasteiger partial charge < -0.3 is 5.32 Å². The van der Waals surface area contributed by atoms with Gasteiger partial charge in [-0.15, -0.1) is 0 Å². The standard InChI is InChI=1S/C31H26FN3O2/c1-19-12-17-27(21(3)18-19)35-31(37)28(29(34-35)25-10-6-7-11-26(25)32)22-13-15-23(16-14-22)33-30(36)24-9-5-4-8-20(24)2/h4-18,34H,1-3H3,(H,33,36). The molecule has 0 bridgehead atoms. The highest BCUT2D eigenvalue weighted by Crippen LogP contribution is 2.31. The van der Waals surface area contributed by atoms with Crippen LogP contribution in [0.3, 0.4) is 0 Å². The van der Waals surface area contributed by atoms with E-state index in [2.05, 4.69) is 10.4 Å². The first-order chi connectivity index (χ1) is 17.8. The van der Waals surface area contributed by atoms with E-state index in [0.717, 1.165) is 16.7 Å². The maximum atomic E-state index is 14.9. The van der Waals surface area contributed by atoms with Gasteiger partial charge >= 0.3 is 0 Å². The molecular formula is C31H26FN3O2. The lowest BCUT2D eigenvalue weighted by atomic mass is 10.0. The minimum Gasteiger partial charge on any atom is -0.322 e. The lowest BCUT2D eigenvalue weighted by molar-refractivity contribution is 0.102. The molecule has 0 unspecified atom stereocenters. The van der Waals surface area contributed by atoms with Crippen molar-refractivity contribution in [2.24, 2.45) is 0 Å². The van der Waals surface area contributed by atoms with Gasteiger partial charge in [0.15, 0.2) is 0 Å². The van der Waals surface area contributed by atoms with Crippen molar-refractivity contribution in [1.82, 2.24) is 9.78 Å². The fraction of sp³-hybridized carbons (Fsp3) is 0.0968. The summed E-state index contributed by atoms with van der Waals surface area (Å²) < 4.78 is 16.3. The fourth-order valence-electron chi connectivity index (χ4n) is 4.54. The molecule has 37 heavy (non-hydrogen) atoms. The zero-order valence-corrected chi connectivity index (χ0v) is 20.8. The molecule has 6 heteroatoms. The number of nitrogens with one attached hydrogen (secondary N) is 2. The molecule has 0 aliphatic rings. The summed E-state index contributed by atoms with van der Waals surface area (Å²) in [5.41, 5.74) is 6.12. The predicted molar refractivity (Wildman–Crippen MR) is 146 cm³/mol. The van der Waals surface area contributed by atoms with Crippen molar-refractivity contribution >= 4 is 11.6 Å². The van der Waals surface area contributed by atoms with Crippen LogP contribution in [0.5, 0.6) is 0 Å². The minimum absolute atomic E-state index is 0.211. The van der Waals surface area contributed by atoms with Gasteiger partial charge in [-0.3, -0.25) is 14.7 Å². The highest BCUT2D eigenvalue weighted by atomic mass is 19.1. The third-order valence-electron chi connectivity index (χ3n) is 6.45. The molecule has 2 N–H and O–H groups in total. The summed E-state index contributed by atoms with van der Waals surface area (Å²) in [4.78, 5) is 26.5. The lowest BCUT2D eigenvalue weighted by Gasteiger charge is -2.09. The first-order valence-corrected chi connectivity index (χ1v) is 12.0. The second-order valence-corrected chi connectivity index (χ2v) is 9.12. The number of carbonyl (C=O) groups excluding carboxylic acids is 1. The monoisotopic (exact) mass is 491 g/mol. The number of rotatable bonds is 5. The maximum absolute atomic E-state index is 14.9. The van der Waals surface area contributed by atoms with E-state index in [9.17, 15) is 14.0 Å². The Kier molecular flexibility index (Phi) is 6.32. The number of benzene rings is 4. The molecule has 5 aromatic rings. The summed E-state index contributed by atoms with van der Waals surface area (Å²) in [5, 5.41) is 6.05. The van der Waals surface area contributed by atoms with E-state index in [1.807, 2.05) is 57.2 Å². The van der Waals surface area contributed by atoms with Gasteiger partial charge in [0.25, 0.3) is 11.5 Å². The van der Waals surface area contributed by atoms with E-state index in [0.29, 0.717) is 39.3 Å². The van der Waals surface area contributed by atoms with Crippen LogP contribution in [-0.2, 0) is 0 Å². The first kappa shape index (κ1) is 24.0. The highest BCUT2D eigenvalue weighted by molar-refractivity contribution is 6.05. The number of aryl methyl sites for hydroxylation is 3. The minimum atomic E-state index is -0.431. The first-order valence-electron chi connectivity index (χ1n) is 12.0. The molecule has 5 nitrogen and oxygen atoms in total. The van der Waals surface area contributed by atoms with Crippen molar-refractivity contribution in [2.45, 2.75) is 20.8 Å². The fourth-order valence-corrected chi connectivity index (χ4v) is 4.54. The summed E-state index contributed by atoms with van der Waals surface area (Å²) in [6.07, 6.45) is 0. The summed E-state index contributed by atoms with van der Waals surface area (Å²) in [6, 6.07) is 26.5. The molecule has 0 spiro atoms. The molecule has 5 rings (SSSR count). The van der Waals surface area contributed by atoms with E-state index in [-0.39, 0.29) is 11.5 Å². The lowest BCUT2D eigenvalue weighted by Crippen LogP contribution is -2.16. The maximum Gasteiger partial charge on any atom is 0.279 e. The zero-order valence-electron chi connectivity index (χ0n) is 20.8. The number of aromatic nitrogens is 2. The Bertz CT molecular complexity index is 1680. The Morgan fingerprint density at radius 1 is 0.838 bits per heavy atom. The molecule has 0 saturated carbocycles. The van der Waals surface area contributed by atoms with Crippen molar-refractivity contribution in [2.75, 3.05) is 5.32 Å². The van der Waals surface area contributed by atoms with Crippen LogP contribution < -0.4 is 10.9 Å². The number of carbonyl (C=O) groups is 1. The average molecular weight is 492 g/mol. The zero-order chi connectivity index (χ0) is 26.1. The molecule has 184 valence electrons. The third kappa shape index (κ3) is 4.61. The van der Waals surface area contributed by atoms with Crippen molar-refractivity contribution in [3.05, 3.63) is 129 Å². The average Bonchev–Trinajstić information content (AvgIpc) is 3.21. The SMILES string of the molecule is Cc1ccc(-n2[nH]c(-c3ccccc3F)c(-c3ccc(NC(=O)c4ccccc4C)cc3)c2=O)c(C)c1. The number of nitrogens with zero attached hydrogens (tertiary/aromatic N) is 1. The molecule has 0 aliphatic carbocycles. The van der Waals surface area contributed by atoms with Gasteiger partial charge in [-0.25, -0.2) is 9.07 Å². The van der Waals surface area contributed by atoms with Crippen LogP contribution in [0.4, 0.5) is 10.1 Å². The highest BCUT2D eigenvalue weighted by Gasteiger charge is 2.21. The number of aromatic amines is 1. The number of hydrogen-bond acceptors (Lipinski definition) is 2. The van der Waals surface area contributed by atoms with Gasteiger partial charge in [-0.1, -0.05) is 60.2 Å². The van der Waals surface area contributed by atoms with Crippen LogP contribution in [0.15, 0.2) is 95.8 Å². The third-order valence-corrected chi connectivity index (χ3v) is 6.45. The van der Waals surface area contributed by atoms with Crippen LogP contribution in [0, 0.1) is 26.6 Å². The van der Waals surface area contributed by atoms with E-state index in [1.54, 1.807) is 48.5 Å². The van der Waals surface area contributed by atoms with Crippen LogP contribution >= 0.6 is 0 Å². The van der Waals surface area contributed by atoms with Gasteiger partial charge in [0.1, 0.15) is 5.82 Å². The Morgan fingerprint density at radius 2 is 1.54 bits per heavy atom. The number of H-pyrrole nitrogens is 1. The van der Waals surface area contributed by atoms with Crippen molar-refractivity contribution in [1.29, 1.82) is 0 Å². The van der Waals surface area contributed by atoms with Crippen molar-refractivity contribution < 1.29 is 9.18 Å². The molecule has 1 heterocycles. The molecule has 0 radical (unpaired) electrons. The van der Waals surface area contributed by atoms with Crippen molar-refractivity contribution in [3.63, 3.8) is 0 Å². The van der Waals surface area contributed by atoms with E-state index in [1.165, 1.54) is 10.7 Å². The van der Waals surface area contributed by atoms with Crippen LogP contribution in [0.2, 0.25) is 0 Å². The van der Waals surface area contributed by atoms with Gasteiger partial charge in [0.2, 0.25) is 0 Å². The summed E-state index contributed by atoms with van der Waals surface area (Å²) in [5.74, 6) is -0.642. The molecule has 0 atom stereocenters. The molecule has 4 aromatic carbocycles. The van der Waals surface area contributed by atoms with Gasteiger partial charge in [-0.05, 0) is 73.9 Å². The molecule has 0 aliphatic heterocycles. The van der Waals surface area contributed by atoms with Crippen LogP contribution in [0.25, 0.3) is 28.1 Å². The largest absolute Gasteiger partial charge is 0.322 e. The number of amides is 1. The quantitative estimate of drug-likeness (QED) is 0.283. The Hall–Kier alpha value is -4.71. The molecule has 1 aromatic heterocycles. The Balaban J connectivity index is 1.58. The molecule has 0 fully saturated rings. The normalized spacial score (nSPS) is 10.9. The van der Waals surface area contributed by atoms with E-state index in [4.69, 9.17) is 0 Å². The number of hydrogen-bond donors (Lipinski definition) is 2. The smallest absolute Gasteiger partial charge is 0.279 e. The molecular weight excluding hydrogens is 465 g/mol. The molecule has 1 amide bonds. The van der Waals surface area contributed by atoms with Gasteiger partial charge in [-0.2, -0.15) is 0 Å². The van der Waals surface area contributed by atoms with Gasteiger partial charge in [0, 0.05) is 16.8 Å². The van der Waals surface area contributed by atoms with E-state index >= 15 is 0 Å². The van der Waals surface area contributed by atoms with E-state index < -0.39 is 5.82 Å².